The van der Waals surface area contributed by atoms with Crippen LogP contribution in [0.25, 0.3) is 0 Å². The lowest BCUT2D eigenvalue weighted by Gasteiger charge is -1.94. The van der Waals surface area contributed by atoms with Crippen LogP contribution in [0.5, 0.6) is 5.06 Å². The Morgan fingerprint density at radius 2 is 1.39 bits per heavy atom. The predicted octanol–water partition coefficient (Wildman–Crippen LogP) is -0.659. The molecule has 0 fully saturated rings. The summed E-state index contributed by atoms with van der Waals surface area (Å²) in [5.41, 5.74) is -1.21. The molecular weight excluding hydrogens is 338 g/mol. The minimum Gasteiger partial charge on any atom is -0.499 e. The van der Waals surface area contributed by atoms with E-state index in [0.29, 0.717) is 11.3 Å². The number of hydrogen-bond acceptors (Lipinski definition) is 8. The molecule has 0 saturated carbocycles. The Labute approximate surface area is 131 Å². The zero-order valence-electron chi connectivity index (χ0n) is 11.9. The third kappa shape index (κ3) is 12.4. The van der Waals surface area contributed by atoms with Crippen LogP contribution in [0.3, 0.4) is 0 Å². The highest BCUT2D eigenvalue weighted by Gasteiger charge is 2.12. The van der Waals surface area contributed by atoms with Crippen molar-refractivity contribution < 1.29 is 39.6 Å². The summed E-state index contributed by atoms with van der Waals surface area (Å²) >= 11 is 0.425. The minimum atomic E-state index is -1.31. The maximum Gasteiger partial charge on any atom is 0.314 e. The summed E-state index contributed by atoms with van der Waals surface area (Å²) < 4.78 is 0. The molecule has 1 heterocycles. The summed E-state index contributed by atoms with van der Waals surface area (Å²) in [4.78, 5) is 61.2. The number of carboxylic acids is 3. The molecule has 1 rings (SSSR count). The van der Waals surface area contributed by atoms with E-state index in [9.17, 15) is 24.0 Å². The van der Waals surface area contributed by atoms with Crippen molar-refractivity contribution in [3.8, 4) is 5.06 Å². The van der Waals surface area contributed by atoms with Gasteiger partial charge in [0.1, 0.15) is 12.0 Å². The van der Waals surface area contributed by atoms with E-state index in [1.807, 2.05) is 4.98 Å². The van der Waals surface area contributed by atoms with Crippen LogP contribution in [0.15, 0.2) is 9.59 Å². The molecule has 12 heteroatoms. The number of ketones is 1. The SMILES string of the molecule is CC(=O)O.CC(=O)c1c(O)sc(=O)[nH]c1=O.O=C(O)CC(=O)O. The molecule has 0 spiro atoms. The van der Waals surface area contributed by atoms with E-state index in [4.69, 9.17) is 25.2 Å². The molecule has 1 aromatic heterocycles. The van der Waals surface area contributed by atoms with Crippen molar-refractivity contribution in [3.63, 3.8) is 0 Å². The van der Waals surface area contributed by atoms with Crippen molar-refractivity contribution in [1.29, 1.82) is 0 Å². The molecule has 0 bridgehead atoms. The first kappa shape index (κ1) is 22.3. The molecule has 11 nitrogen and oxygen atoms in total. The van der Waals surface area contributed by atoms with Crippen molar-refractivity contribution in [1.82, 2.24) is 4.98 Å². The smallest absolute Gasteiger partial charge is 0.314 e. The van der Waals surface area contributed by atoms with Crippen LogP contribution in [-0.4, -0.2) is 49.1 Å². The van der Waals surface area contributed by atoms with Gasteiger partial charge >= 0.3 is 16.8 Å². The Morgan fingerprint density at radius 1 is 1.00 bits per heavy atom. The van der Waals surface area contributed by atoms with Gasteiger partial charge < -0.3 is 20.4 Å². The third-order valence-corrected chi connectivity index (χ3v) is 2.19. The monoisotopic (exact) mass is 351 g/mol. The van der Waals surface area contributed by atoms with Gasteiger partial charge in [-0.1, -0.05) is 0 Å². The first-order valence-corrected chi connectivity index (χ1v) is 6.30. The number of carbonyl (C=O) groups excluding carboxylic acids is 1. The van der Waals surface area contributed by atoms with Gasteiger partial charge in [-0.15, -0.1) is 0 Å². The molecule has 0 aliphatic heterocycles. The van der Waals surface area contributed by atoms with Gasteiger partial charge in [0.15, 0.2) is 10.8 Å². The first-order valence-electron chi connectivity index (χ1n) is 5.48. The predicted molar refractivity (Wildman–Crippen MR) is 76.1 cm³/mol. The third-order valence-electron chi connectivity index (χ3n) is 1.50. The molecule has 0 atom stereocenters. The Balaban J connectivity index is 0. The zero-order chi connectivity index (χ0) is 18.7. The molecule has 23 heavy (non-hydrogen) atoms. The molecule has 0 aliphatic carbocycles. The molecule has 0 amide bonds. The van der Waals surface area contributed by atoms with Crippen LogP contribution < -0.4 is 10.4 Å². The second-order valence-corrected chi connectivity index (χ2v) is 4.52. The number of carbonyl (C=O) groups is 4. The Bertz CT molecular complexity index is 685. The van der Waals surface area contributed by atoms with Gasteiger partial charge in [-0.25, -0.2) is 0 Å². The van der Waals surface area contributed by atoms with Crippen molar-refractivity contribution in [2.24, 2.45) is 0 Å². The summed E-state index contributed by atoms with van der Waals surface area (Å²) in [6.07, 6.45) is -0.806. The number of aromatic nitrogens is 1. The highest BCUT2D eigenvalue weighted by molar-refractivity contribution is 7.11. The number of H-pyrrole nitrogens is 1. The Hall–Kier alpha value is -3.02. The van der Waals surface area contributed by atoms with Gasteiger partial charge in [-0.2, -0.15) is 0 Å². The molecule has 0 saturated heterocycles. The number of carboxylic acid groups (broad SMARTS) is 3. The summed E-state index contributed by atoms with van der Waals surface area (Å²) in [6, 6.07) is 0. The lowest BCUT2D eigenvalue weighted by molar-refractivity contribution is -0.147. The fourth-order valence-corrected chi connectivity index (χ4v) is 1.51. The van der Waals surface area contributed by atoms with Gasteiger partial charge in [0.25, 0.3) is 11.5 Å². The zero-order valence-corrected chi connectivity index (χ0v) is 12.7. The maximum absolute atomic E-state index is 10.9. The standard InChI is InChI=1S/C6H5NO4S.C3H4O4.C2H4O2/c1-2(8)3-4(9)7-6(11)12-5(3)10;4-2(5)1-3(6)7;1-2(3)4/h10H,1H3,(H,7,9,11);1H2,(H,4,5)(H,6,7);1H3,(H,3,4). The average molecular weight is 351 g/mol. The number of hydrogen-bond donors (Lipinski definition) is 5. The summed E-state index contributed by atoms with van der Waals surface area (Å²) in [7, 11) is 0. The summed E-state index contributed by atoms with van der Waals surface area (Å²) in [5, 5.41) is 31.3. The molecular formula is C11H13NO10S. The topological polar surface area (TPSA) is 199 Å². The van der Waals surface area contributed by atoms with Crippen molar-refractivity contribution >= 4 is 35.0 Å². The van der Waals surface area contributed by atoms with Crippen molar-refractivity contribution in [2.75, 3.05) is 0 Å². The second-order valence-electron chi connectivity index (χ2n) is 3.56. The first-order chi connectivity index (χ1) is 10.4. The van der Waals surface area contributed by atoms with E-state index in [0.717, 1.165) is 13.8 Å². The van der Waals surface area contributed by atoms with Gasteiger partial charge in [0.2, 0.25) is 0 Å². The fraction of sp³-hybridized carbons (Fsp3) is 0.273. The lowest BCUT2D eigenvalue weighted by Crippen LogP contribution is -2.21. The van der Waals surface area contributed by atoms with Crippen LogP contribution >= 0.6 is 11.3 Å². The minimum absolute atomic E-state index is 0.361. The van der Waals surface area contributed by atoms with Crippen molar-refractivity contribution in [3.05, 3.63) is 25.6 Å². The molecule has 0 aliphatic rings. The molecule has 0 radical (unpaired) electrons. The lowest BCUT2D eigenvalue weighted by atomic mass is 10.2. The largest absolute Gasteiger partial charge is 0.499 e. The summed E-state index contributed by atoms with van der Waals surface area (Å²) in [6.45, 7) is 2.22. The van der Waals surface area contributed by atoms with E-state index >= 15 is 0 Å². The quantitative estimate of drug-likeness (QED) is 0.344. The van der Waals surface area contributed by atoms with E-state index in [1.165, 1.54) is 0 Å². The van der Waals surface area contributed by atoms with Crippen LogP contribution in [0.2, 0.25) is 0 Å². The normalized spacial score (nSPS) is 8.61. The number of aromatic hydroxyl groups is 1. The van der Waals surface area contributed by atoms with Crippen molar-refractivity contribution in [2.45, 2.75) is 20.3 Å². The maximum atomic E-state index is 10.9. The number of nitrogens with one attached hydrogen (secondary N) is 1. The van der Waals surface area contributed by atoms with Crippen LogP contribution in [-0.2, 0) is 14.4 Å². The number of aliphatic carboxylic acids is 3. The van der Waals surface area contributed by atoms with E-state index in [2.05, 4.69) is 0 Å². The highest BCUT2D eigenvalue weighted by atomic mass is 32.1. The number of Topliss-reactive ketones (excluding diaryl/α,β-unsaturated/α-hetero) is 1. The van der Waals surface area contributed by atoms with Crippen LogP contribution in [0.1, 0.15) is 30.6 Å². The Morgan fingerprint density at radius 3 is 1.61 bits per heavy atom. The van der Waals surface area contributed by atoms with E-state index < -0.39 is 45.6 Å². The van der Waals surface area contributed by atoms with Gasteiger partial charge in [-0.05, 0) is 18.3 Å². The fourth-order valence-electron chi connectivity index (χ4n) is 0.857. The van der Waals surface area contributed by atoms with Crippen LogP contribution in [0, 0.1) is 0 Å². The average Bonchev–Trinajstić information content (AvgIpc) is 2.23. The van der Waals surface area contributed by atoms with Crippen LogP contribution in [0.4, 0.5) is 0 Å². The molecule has 1 aromatic rings. The molecule has 0 unspecified atom stereocenters. The van der Waals surface area contributed by atoms with E-state index in [-0.39, 0.29) is 5.56 Å². The van der Waals surface area contributed by atoms with Gasteiger partial charge in [0, 0.05) is 6.92 Å². The molecule has 128 valence electrons. The molecule has 5 N–H and O–H groups in total. The number of rotatable bonds is 3. The Kier molecular flexibility index (Phi) is 10.3. The second kappa shape index (κ2) is 10.7. The van der Waals surface area contributed by atoms with E-state index in [1.54, 1.807) is 0 Å². The molecule has 0 aromatic carbocycles. The summed E-state index contributed by atoms with van der Waals surface area (Å²) in [5.74, 6) is -4.02. The van der Waals surface area contributed by atoms with Gasteiger partial charge in [-0.3, -0.25) is 33.8 Å². The number of aromatic amines is 1. The highest BCUT2D eigenvalue weighted by Crippen LogP contribution is 2.14. The van der Waals surface area contributed by atoms with Gasteiger partial charge in [0.05, 0.1) is 0 Å².